The number of nitrogens with one attached hydrogen (secondary N) is 2. The number of hydrazine groups is 1. The fourth-order valence-electron chi connectivity index (χ4n) is 2.62. The number of nitrogens with two attached hydrogens (primary N) is 1. The summed E-state index contributed by atoms with van der Waals surface area (Å²) < 4.78 is 29.4. The molecule has 2 heterocycles. The molecule has 0 aromatic carbocycles. The standard InChI is InChI=1S/C13H19N5O2S/c1-13(6-4-7-13)9-15-21(19,20)12-11(17-14)16-10-5-2-3-8-18(10)12/h2-3,5,8,15,17H,4,6-7,9,14H2,1H3. The lowest BCUT2D eigenvalue weighted by molar-refractivity contribution is 0.166. The van der Waals surface area contributed by atoms with Crippen LogP contribution in [0.1, 0.15) is 26.2 Å². The summed E-state index contributed by atoms with van der Waals surface area (Å²) in [4.78, 5) is 4.18. The second-order valence-electron chi connectivity index (χ2n) is 5.83. The van der Waals surface area contributed by atoms with E-state index in [0.717, 1.165) is 19.3 Å². The van der Waals surface area contributed by atoms with E-state index in [1.807, 2.05) is 0 Å². The lowest BCUT2D eigenvalue weighted by Crippen LogP contribution is -2.40. The fourth-order valence-corrected chi connectivity index (χ4v) is 4.07. The Balaban J connectivity index is 1.97. The third-order valence-corrected chi connectivity index (χ3v) is 5.55. The molecule has 21 heavy (non-hydrogen) atoms. The second-order valence-corrected chi connectivity index (χ2v) is 7.51. The number of nitrogen functional groups attached to an aromatic ring is 1. The molecular formula is C13H19N5O2S. The van der Waals surface area contributed by atoms with Crippen LogP contribution in [0.2, 0.25) is 0 Å². The van der Waals surface area contributed by atoms with Crippen molar-refractivity contribution in [2.75, 3.05) is 12.0 Å². The molecule has 0 aliphatic heterocycles. The molecule has 0 bridgehead atoms. The van der Waals surface area contributed by atoms with E-state index in [2.05, 4.69) is 22.1 Å². The molecule has 0 radical (unpaired) electrons. The van der Waals surface area contributed by atoms with Gasteiger partial charge in [-0.1, -0.05) is 19.4 Å². The van der Waals surface area contributed by atoms with E-state index in [9.17, 15) is 8.42 Å². The molecule has 0 unspecified atom stereocenters. The molecule has 0 amide bonds. The van der Waals surface area contributed by atoms with Crippen LogP contribution in [0, 0.1) is 5.41 Å². The summed E-state index contributed by atoms with van der Waals surface area (Å²) in [6, 6.07) is 5.27. The Hall–Kier alpha value is -1.64. The summed E-state index contributed by atoms with van der Waals surface area (Å²) >= 11 is 0. The second kappa shape index (κ2) is 4.97. The van der Waals surface area contributed by atoms with Crippen LogP contribution in [0.4, 0.5) is 5.82 Å². The van der Waals surface area contributed by atoms with Gasteiger partial charge in [0.25, 0.3) is 10.0 Å². The van der Waals surface area contributed by atoms with Crippen molar-refractivity contribution in [3.8, 4) is 0 Å². The maximum Gasteiger partial charge on any atom is 0.260 e. The van der Waals surface area contributed by atoms with Gasteiger partial charge in [-0.25, -0.2) is 24.0 Å². The molecule has 8 heteroatoms. The topological polar surface area (TPSA) is 102 Å². The van der Waals surface area contributed by atoms with Crippen LogP contribution in [-0.4, -0.2) is 24.3 Å². The number of pyridine rings is 1. The average molecular weight is 309 g/mol. The highest BCUT2D eigenvalue weighted by Gasteiger charge is 2.34. The Bertz CT molecular complexity index is 764. The maximum atomic E-state index is 12.6. The largest absolute Gasteiger partial charge is 0.306 e. The zero-order valence-electron chi connectivity index (χ0n) is 11.8. The van der Waals surface area contributed by atoms with Gasteiger partial charge < -0.3 is 5.43 Å². The number of aromatic nitrogens is 2. The first kappa shape index (κ1) is 14.3. The first-order valence-corrected chi connectivity index (χ1v) is 8.37. The number of sulfonamides is 1. The molecule has 7 nitrogen and oxygen atoms in total. The van der Waals surface area contributed by atoms with Gasteiger partial charge in [0.05, 0.1) is 0 Å². The van der Waals surface area contributed by atoms with Crippen LogP contribution in [0.15, 0.2) is 29.4 Å². The molecule has 0 saturated heterocycles. The quantitative estimate of drug-likeness (QED) is 0.567. The van der Waals surface area contributed by atoms with Crippen molar-refractivity contribution in [3.63, 3.8) is 0 Å². The molecule has 4 N–H and O–H groups in total. The van der Waals surface area contributed by atoms with Gasteiger partial charge in [-0.3, -0.25) is 4.40 Å². The predicted octanol–water partition coefficient (Wildman–Crippen LogP) is 1.09. The third kappa shape index (κ3) is 2.50. The Morgan fingerprint density at radius 1 is 1.43 bits per heavy atom. The summed E-state index contributed by atoms with van der Waals surface area (Å²) in [5.74, 6) is 5.56. The van der Waals surface area contributed by atoms with Crippen molar-refractivity contribution in [3.05, 3.63) is 24.4 Å². The van der Waals surface area contributed by atoms with E-state index < -0.39 is 10.0 Å². The number of hydrogen-bond acceptors (Lipinski definition) is 5. The van der Waals surface area contributed by atoms with Crippen molar-refractivity contribution in [2.24, 2.45) is 11.3 Å². The average Bonchev–Trinajstić information content (AvgIpc) is 2.82. The van der Waals surface area contributed by atoms with E-state index in [4.69, 9.17) is 5.84 Å². The number of rotatable bonds is 5. The minimum Gasteiger partial charge on any atom is -0.306 e. The van der Waals surface area contributed by atoms with Gasteiger partial charge in [0, 0.05) is 12.7 Å². The molecular weight excluding hydrogens is 290 g/mol. The maximum absolute atomic E-state index is 12.6. The van der Waals surface area contributed by atoms with Gasteiger partial charge >= 0.3 is 0 Å². The fraction of sp³-hybridized carbons (Fsp3) is 0.462. The first-order valence-electron chi connectivity index (χ1n) is 6.89. The van der Waals surface area contributed by atoms with Gasteiger partial charge in [0.15, 0.2) is 10.8 Å². The van der Waals surface area contributed by atoms with Gasteiger partial charge in [0.2, 0.25) is 0 Å². The number of nitrogens with zero attached hydrogens (tertiary/aromatic N) is 2. The zero-order chi connectivity index (χ0) is 15.1. The zero-order valence-corrected chi connectivity index (χ0v) is 12.7. The highest BCUT2D eigenvalue weighted by Crippen LogP contribution is 2.39. The Morgan fingerprint density at radius 2 is 2.19 bits per heavy atom. The number of anilines is 1. The highest BCUT2D eigenvalue weighted by atomic mass is 32.2. The lowest BCUT2D eigenvalue weighted by atomic mass is 9.71. The summed E-state index contributed by atoms with van der Waals surface area (Å²) in [5.41, 5.74) is 2.95. The monoisotopic (exact) mass is 309 g/mol. The summed E-state index contributed by atoms with van der Waals surface area (Å²) in [6.45, 7) is 2.52. The Labute approximate surface area is 123 Å². The van der Waals surface area contributed by atoms with Gasteiger partial charge in [-0.05, 0) is 30.4 Å². The van der Waals surface area contributed by atoms with Crippen molar-refractivity contribution in [1.82, 2.24) is 14.1 Å². The predicted molar refractivity (Wildman–Crippen MR) is 80.1 cm³/mol. The SMILES string of the molecule is CC1(CNS(=O)(=O)c2c(NN)nc3ccccn23)CCC1. The molecule has 3 rings (SSSR count). The molecule has 0 atom stereocenters. The molecule has 0 spiro atoms. The summed E-state index contributed by atoms with van der Waals surface area (Å²) in [5, 5.41) is 0.0449. The van der Waals surface area contributed by atoms with Crippen LogP contribution in [-0.2, 0) is 10.0 Å². The van der Waals surface area contributed by atoms with E-state index in [1.165, 1.54) is 4.40 Å². The van der Waals surface area contributed by atoms with Crippen LogP contribution in [0.25, 0.3) is 5.65 Å². The van der Waals surface area contributed by atoms with Crippen LogP contribution < -0.4 is 16.0 Å². The van der Waals surface area contributed by atoms with E-state index in [0.29, 0.717) is 12.2 Å². The molecule has 1 saturated carbocycles. The smallest absolute Gasteiger partial charge is 0.260 e. The van der Waals surface area contributed by atoms with Gasteiger partial charge in [-0.2, -0.15) is 0 Å². The number of fused-ring (bicyclic) bond motifs is 1. The van der Waals surface area contributed by atoms with E-state index in [-0.39, 0.29) is 16.3 Å². The molecule has 2 aromatic rings. The van der Waals surface area contributed by atoms with Crippen molar-refractivity contribution < 1.29 is 8.42 Å². The molecule has 1 fully saturated rings. The number of imidazole rings is 1. The third-order valence-electron chi connectivity index (χ3n) is 4.13. The molecule has 114 valence electrons. The van der Waals surface area contributed by atoms with Gasteiger partial charge in [0.1, 0.15) is 5.65 Å². The van der Waals surface area contributed by atoms with Crippen molar-refractivity contribution in [1.29, 1.82) is 0 Å². The first-order chi connectivity index (χ1) is 9.95. The lowest BCUT2D eigenvalue weighted by Gasteiger charge is -2.38. The Kier molecular flexibility index (Phi) is 3.39. The summed E-state index contributed by atoms with van der Waals surface area (Å²) in [7, 11) is -3.69. The molecule has 1 aliphatic rings. The van der Waals surface area contributed by atoms with E-state index >= 15 is 0 Å². The molecule has 1 aliphatic carbocycles. The highest BCUT2D eigenvalue weighted by molar-refractivity contribution is 7.89. The van der Waals surface area contributed by atoms with Crippen molar-refractivity contribution >= 4 is 21.5 Å². The van der Waals surface area contributed by atoms with Crippen LogP contribution >= 0.6 is 0 Å². The van der Waals surface area contributed by atoms with E-state index in [1.54, 1.807) is 24.4 Å². The minimum absolute atomic E-state index is 0.0449. The van der Waals surface area contributed by atoms with Crippen LogP contribution in [0.5, 0.6) is 0 Å². The summed E-state index contributed by atoms with van der Waals surface area (Å²) in [6.07, 6.45) is 4.90. The van der Waals surface area contributed by atoms with Crippen LogP contribution in [0.3, 0.4) is 0 Å². The van der Waals surface area contributed by atoms with Gasteiger partial charge in [-0.15, -0.1) is 0 Å². The number of hydrogen-bond donors (Lipinski definition) is 3. The normalized spacial score (nSPS) is 17.6. The Morgan fingerprint density at radius 3 is 2.81 bits per heavy atom. The molecule has 2 aromatic heterocycles. The minimum atomic E-state index is -3.69. The van der Waals surface area contributed by atoms with Crippen molar-refractivity contribution in [2.45, 2.75) is 31.2 Å².